The zero-order valence-electron chi connectivity index (χ0n) is 18.9. The maximum Gasteiger partial charge on any atom is -0.0134 e. The van der Waals surface area contributed by atoms with Gasteiger partial charge in [-0.1, -0.05) is 109 Å². The predicted molar refractivity (Wildman–Crippen MR) is 137 cm³/mol. The second-order valence-corrected chi connectivity index (χ2v) is 9.90. The molecule has 31 heavy (non-hydrogen) atoms. The molecule has 1 aliphatic carbocycles. The molecule has 0 heterocycles. The fourth-order valence-electron chi connectivity index (χ4n) is 3.74. The maximum atomic E-state index is 4.57. The first kappa shape index (κ1) is 25.7. The zero-order chi connectivity index (χ0) is 22.8. The Labute approximate surface area is 203 Å². The van der Waals surface area contributed by atoms with Crippen molar-refractivity contribution in [1.82, 2.24) is 0 Å². The van der Waals surface area contributed by atoms with Gasteiger partial charge in [-0.15, -0.1) is 0 Å². The second kappa shape index (κ2) is 13.1. The molecule has 0 bridgehead atoms. The van der Waals surface area contributed by atoms with Crippen LogP contribution in [0.15, 0.2) is 113 Å². The molecule has 163 valence electrons. The number of hydrogen-bond acceptors (Lipinski definition) is 0. The van der Waals surface area contributed by atoms with E-state index in [1.165, 1.54) is 27.1 Å². The molecule has 0 radical (unpaired) electrons. The van der Waals surface area contributed by atoms with E-state index in [4.69, 9.17) is 0 Å². The monoisotopic (exact) mass is 535 g/mol. The molecule has 0 amide bonds. The largest absolute Gasteiger partial charge is 0.0622 e. The van der Waals surface area contributed by atoms with Crippen molar-refractivity contribution in [2.24, 2.45) is 5.92 Å². The molecular weight excluding hydrogens is 504 g/mol. The summed E-state index contributed by atoms with van der Waals surface area (Å²) in [6.45, 7) is 11.2. The third-order valence-corrected chi connectivity index (χ3v) is 8.53. The van der Waals surface area contributed by atoms with Gasteiger partial charge >= 0.3 is 27.0 Å². The molecule has 0 nitrogen and oxygen atoms in total. The number of rotatable bonds is 3. The Morgan fingerprint density at radius 3 is 1.00 bits per heavy atom. The zero-order valence-corrected chi connectivity index (χ0v) is 22.3. The average molecular weight is 535 g/mol. The van der Waals surface area contributed by atoms with Crippen molar-refractivity contribution in [1.29, 1.82) is 0 Å². The van der Waals surface area contributed by atoms with Crippen LogP contribution < -0.4 is 15.9 Å². The molecule has 3 aromatic rings. The molecule has 0 unspecified atom stereocenters. The minimum absolute atomic E-state index is 0.446. The van der Waals surface area contributed by atoms with E-state index in [9.17, 15) is 0 Å². The van der Waals surface area contributed by atoms with Crippen molar-refractivity contribution in [3.05, 3.63) is 113 Å². The van der Waals surface area contributed by atoms with Gasteiger partial charge in [-0.05, 0) is 68.6 Å². The van der Waals surface area contributed by atoms with E-state index >= 15 is 0 Å². The van der Waals surface area contributed by atoms with E-state index in [2.05, 4.69) is 135 Å². The van der Waals surface area contributed by atoms with Crippen molar-refractivity contribution >= 4 is 33.5 Å². The van der Waals surface area contributed by atoms with Gasteiger partial charge in [-0.25, -0.2) is 0 Å². The number of benzene rings is 3. The van der Waals surface area contributed by atoms with E-state index in [-0.39, 0.29) is 0 Å². The van der Waals surface area contributed by atoms with Crippen LogP contribution in [0.3, 0.4) is 0 Å². The Morgan fingerprint density at radius 1 is 0.548 bits per heavy atom. The van der Waals surface area contributed by atoms with Gasteiger partial charge in [0.2, 0.25) is 0 Å². The van der Waals surface area contributed by atoms with Crippen LogP contribution in [0.25, 0.3) is 0 Å². The quantitative estimate of drug-likeness (QED) is 0.242. The van der Waals surface area contributed by atoms with Crippen molar-refractivity contribution in [2.75, 3.05) is 0 Å². The minimum atomic E-state index is -0.446. The van der Waals surface area contributed by atoms with Crippen molar-refractivity contribution < 1.29 is 17.3 Å². The fraction of sp³-hybridized carbons (Fsp3) is 0.214. The van der Waals surface area contributed by atoms with Crippen LogP contribution in [0.2, 0.25) is 0 Å². The molecule has 4 rings (SSSR count). The van der Waals surface area contributed by atoms with E-state index < -0.39 is 7.92 Å². The summed E-state index contributed by atoms with van der Waals surface area (Å²) >= 11 is 1.82. The maximum absolute atomic E-state index is 4.57. The normalized spacial score (nSPS) is 13.5. The fourth-order valence-corrected chi connectivity index (χ4v) is 6.05. The summed E-state index contributed by atoms with van der Waals surface area (Å²) < 4.78 is 0. The smallest absolute Gasteiger partial charge is 0.0134 e. The van der Waals surface area contributed by atoms with E-state index in [1.54, 1.807) is 11.1 Å². The summed E-state index contributed by atoms with van der Waals surface area (Å²) in [6, 6.07) is 32.3. The Balaban J connectivity index is 0.000000241. The molecule has 0 saturated heterocycles. The molecule has 0 fully saturated rings. The van der Waals surface area contributed by atoms with Gasteiger partial charge in [-0.2, -0.15) is 0 Å². The van der Waals surface area contributed by atoms with Crippen LogP contribution in [-0.4, -0.2) is 0 Å². The molecular formula is C28H31ClPRu. The van der Waals surface area contributed by atoms with E-state index in [1.807, 2.05) is 17.3 Å². The summed E-state index contributed by atoms with van der Waals surface area (Å²) in [6.07, 6.45) is 0. The van der Waals surface area contributed by atoms with Crippen LogP contribution >= 0.6 is 17.6 Å². The van der Waals surface area contributed by atoms with Gasteiger partial charge in [-0.3, -0.25) is 0 Å². The van der Waals surface area contributed by atoms with Crippen LogP contribution in [0, 0.1) is 5.92 Å². The Kier molecular flexibility index (Phi) is 10.9. The third kappa shape index (κ3) is 6.73. The first-order chi connectivity index (χ1) is 15.0. The number of hydrogen-bond donors (Lipinski definition) is 0. The van der Waals surface area contributed by atoms with Crippen LogP contribution in [0.5, 0.6) is 0 Å². The van der Waals surface area contributed by atoms with Crippen molar-refractivity contribution in [3.63, 3.8) is 0 Å². The third-order valence-electron chi connectivity index (χ3n) is 6.09. The summed E-state index contributed by atoms with van der Waals surface area (Å²) in [5.74, 6) is 0.694. The van der Waals surface area contributed by atoms with Gasteiger partial charge < -0.3 is 0 Å². The molecule has 0 spiro atoms. The summed E-state index contributed by atoms with van der Waals surface area (Å²) in [5, 5.41) is 4.19. The topological polar surface area (TPSA) is 0 Å². The number of halogens is 1. The van der Waals surface area contributed by atoms with Gasteiger partial charge in [0.05, 0.1) is 0 Å². The van der Waals surface area contributed by atoms with Crippen molar-refractivity contribution in [2.45, 2.75) is 34.6 Å². The molecule has 3 heteroatoms. The average Bonchev–Trinajstić information content (AvgIpc) is 3.01. The van der Waals surface area contributed by atoms with E-state index in [0.29, 0.717) is 5.92 Å². The van der Waals surface area contributed by atoms with Gasteiger partial charge in [0.15, 0.2) is 0 Å². The Morgan fingerprint density at radius 2 is 0.806 bits per heavy atom. The molecule has 0 N–H and O–H groups in total. The second-order valence-electron chi connectivity index (χ2n) is 7.68. The van der Waals surface area contributed by atoms with Crippen LogP contribution in [0.1, 0.15) is 34.6 Å². The standard InChI is InChI=1S/C18H15P.C10H16.ClH.Ru/c1-4-10-16(11-5-1)19(17-12-6-2-7-13-17)18-14-8-3-9-15-18;1-6-7(2)9(4)10(5)8(6)3;;/h1-15H;6H,1-5H3;1H;/q;;;+1/p-1. The van der Waals surface area contributed by atoms with Crippen LogP contribution in [0.4, 0.5) is 0 Å². The first-order valence-corrected chi connectivity index (χ1v) is 14.0. The van der Waals surface area contributed by atoms with E-state index in [0.717, 1.165) is 0 Å². The minimum Gasteiger partial charge on any atom is -0.0622 e. The predicted octanol–water partition coefficient (Wildman–Crippen LogP) is 7.44. The SMILES string of the molecule is CC1=C(C)C(C)C(C)=C1C.[Cl][Ru].c1ccc(P(c2ccccc2)c2ccccc2)cc1. The summed E-state index contributed by atoms with van der Waals surface area (Å²) in [5.41, 5.74) is 6.11. The summed E-state index contributed by atoms with van der Waals surface area (Å²) in [7, 11) is 4.12. The van der Waals surface area contributed by atoms with Gasteiger partial charge in [0, 0.05) is 0 Å². The number of allylic oxidation sites excluding steroid dienone is 4. The van der Waals surface area contributed by atoms with Crippen molar-refractivity contribution in [3.8, 4) is 0 Å². The first-order valence-electron chi connectivity index (χ1n) is 10.4. The molecule has 0 aliphatic heterocycles. The van der Waals surface area contributed by atoms with Gasteiger partial charge in [0.25, 0.3) is 0 Å². The molecule has 0 saturated carbocycles. The molecule has 1 aliphatic rings. The Bertz CT molecular complexity index is 877. The van der Waals surface area contributed by atoms with Gasteiger partial charge in [0.1, 0.15) is 0 Å². The van der Waals surface area contributed by atoms with Crippen LogP contribution in [-0.2, 0) is 17.3 Å². The molecule has 0 atom stereocenters. The Hall–Kier alpha value is -1.52. The molecule has 3 aromatic carbocycles. The summed E-state index contributed by atoms with van der Waals surface area (Å²) in [4.78, 5) is 0. The molecule has 0 aromatic heterocycles.